The van der Waals surface area contributed by atoms with E-state index in [0.29, 0.717) is 5.57 Å². The molecule has 1 aliphatic rings. The van der Waals surface area contributed by atoms with Crippen LogP contribution in [0.1, 0.15) is 6.92 Å². The maximum absolute atomic E-state index is 5.63. The minimum absolute atomic E-state index is 0.668. The second kappa shape index (κ2) is 1.94. The third-order valence-electron chi connectivity index (χ3n) is 1.30. The Morgan fingerprint density at radius 1 is 1.11 bits per heavy atom. The fourth-order valence-corrected chi connectivity index (χ4v) is 2.09. The summed E-state index contributed by atoms with van der Waals surface area (Å²) in [5.74, 6) is 0. The zero-order valence-electron chi connectivity index (χ0n) is 4.59. The van der Waals surface area contributed by atoms with Gasteiger partial charge in [0.25, 0.3) is 0 Å². The van der Waals surface area contributed by atoms with Crippen LogP contribution in [0.25, 0.3) is 0 Å². The fourth-order valence-electron chi connectivity index (χ4n) is 0.674. The standard InChI is InChI=1S/C5H4Cl4/c1-2-3-4(6,7)5(3,8)9/h2H,1H3. The molecule has 1 aliphatic carbocycles. The van der Waals surface area contributed by atoms with Gasteiger partial charge in [-0.1, -0.05) is 52.5 Å². The molecule has 0 heterocycles. The Labute approximate surface area is 73.7 Å². The highest BCUT2D eigenvalue weighted by Gasteiger charge is 2.70. The summed E-state index contributed by atoms with van der Waals surface area (Å²) < 4.78 is -2.10. The second-order valence-corrected chi connectivity index (χ2v) is 4.51. The minimum Gasteiger partial charge on any atom is -0.0928 e. The first kappa shape index (κ1) is 8.00. The molecule has 9 heavy (non-hydrogen) atoms. The summed E-state index contributed by atoms with van der Waals surface area (Å²) in [6.07, 6.45) is 1.72. The zero-order chi connectivity index (χ0) is 7.28. The summed E-state index contributed by atoms with van der Waals surface area (Å²) in [5.41, 5.74) is 0.668. The van der Waals surface area contributed by atoms with Gasteiger partial charge in [-0.2, -0.15) is 0 Å². The normalized spacial score (nSPS) is 27.9. The Hall–Kier alpha value is 0.900. The van der Waals surface area contributed by atoms with Crippen LogP contribution in [0, 0.1) is 0 Å². The molecule has 0 atom stereocenters. The van der Waals surface area contributed by atoms with Crippen LogP contribution in [0.15, 0.2) is 11.6 Å². The Morgan fingerprint density at radius 2 is 1.44 bits per heavy atom. The van der Waals surface area contributed by atoms with Crippen molar-refractivity contribution in [3.8, 4) is 0 Å². The van der Waals surface area contributed by atoms with E-state index in [-0.39, 0.29) is 0 Å². The molecule has 0 saturated heterocycles. The molecule has 0 nitrogen and oxygen atoms in total. The van der Waals surface area contributed by atoms with Crippen LogP contribution in [0.5, 0.6) is 0 Å². The van der Waals surface area contributed by atoms with E-state index >= 15 is 0 Å². The molecule has 0 radical (unpaired) electrons. The Bertz CT molecular complexity index is 152. The van der Waals surface area contributed by atoms with Gasteiger partial charge in [-0.05, 0) is 6.92 Å². The molecule has 0 bridgehead atoms. The van der Waals surface area contributed by atoms with Gasteiger partial charge in [0, 0.05) is 5.57 Å². The maximum Gasteiger partial charge on any atom is 0.178 e. The molecular formula is C5H4Cl4. The Kier molecular flexibility index (Phi) is 1.73. The lowest BCUT2D eigenvalue weighted by atomic mass is 10.5. The van der Waals surface area contributed by atoms with Crippen molar-refractivity contribution in [3.63, 3.8) is 0 Å². The fraction of sp³-hybridized carbons (Fsp3) is 0.600. The third kappa shape index (κ3) is 0.883. The number of hydrogen-bond acceptors (Lipinski definition) is 0. The summed E-state index contributed by atoms with van der Waals surface area (Å²) in [4.78, 5) is 0. The van der Waals surface area contributed by atoms with Gasteiger partial charge in [0.15, 0.2) is 8.67 Å². The van der Waals surface area contributed by atoms with Crippen molar-refractivity contribution in [3.05, 3.63) is 11.6 Å². The molecule has 1 rings (SSSR count). The van der Waals surface area contributed by atoms with Gasteiger partial charge in [-0.15, -0.1) is 0 Å². The Balaban J connectivity index is 2.91. The maximum atomic E-state index is 5.63. The minimum atomic E-state index is -1.05. The van der Waals surface area contributed by atoms with Crippen LogP contribution < -0.4 is 0 Å². The highest BCUT2D eigenvalue weighted by atomic mass is 35.5. The van der Waals surface area contributed by atoms with Crippen LogP contribution in [0.3, 0.4) is 0 Å². The van der Waals surface area contributed by atoms with Crippen molar-refractivity contribution < 1.29 is 0 Å². The largest absolute Gasteiger partial charge is 0.178 e. The van der Waals surface area contributed by atoms with Crippen LogP contribution in [-0.2, 0) is 0 Å². The SMILES string of the molecule is CC=C1C(Cl)(Cl)C1(Cl)Cl. The number of alkyl halides is 4. The molecular weight excluding hydrogens is 202 g/mol. The van der Waals surface area contributed by atoms with Gasteiger partial charge in [0.1, 0.15) is 0 Å². The lowest BCUT2D eigenvalue weighted by Crippen LogP contribution is -1.96. The number of hydrogen-bond donors (Lipinski definition) is 0. The first-order chi connectivity index (χ1) is 3.94. The molecule has 0 aromatic heterocycles. The summed E-state index contributed by atoms with van der Waals surface area (Å²) in [6, 6.07) is 0. The zero-order valence-corrected chi connectivity index (χ0v) is 7.61. The van der Waals surface area contributed by atoms with Gasteiger partial charge >= 0.3 is 0 Å². The monoisotopic (exact) mass is 204 g/mol. The first-order valence-corrected chi connectivity index (χ1v) is 3.88. The van der Waals surface area contributed by atoms with Crippen LogP contribution in [0.4, 0.5) is 0 Å². The van der Waals surface area contributed by atoms with Crippen LogP contribution in [0.2, 0.25) is 0 Å². The van der Waals surface area contributed by atoms with Crippen molar-refractivity contribution in [1.29, 1.82) is 0 Å². The summed E-state index contributed by atoms with van der Waals surface area (Å²) in [7, 11) is 0. The van der Waals surface area contributed by atoms with E-state index in [2.05, 4.69) is 0 Å². The molecule has 0 aromatic rings. The van der Waals surface area contributed by atoms with Crippen LogP contribution in [-0.4, -0.2) is 8.67 Å². The van der Waals surface area contributed by atoms with Crippen molar-refractivity contribution in [2.75, 3.05) is 0 Å². The molecule has 0 aromatic carbocycles. The van der Waals surface area contributed by atoms with E-state index in [1.807, 2.05) is 0 Å². The van der Waals surface area contributed by atoms with Crippen molar-refractivity contribution in [2.24, 2.45) is 0 Å². The Morgan fingerprint density at radius 3 is 1.44 bits per heavy atom. The molecule has 0 amide bonds. The molecule has 0 spiro atoms. The smallest absolute Gasteiger partial charge is 0.0928 e. The topological polar surface area (TPSA) is 0 Å². The summed E-state index contributed by atoms with van der Waals surface area (Å²) >= 11 is 22.5. The van der Waals surface area contributed by atoms with Crippen molar-refractivity contribution in [2.45, 2.75) is 15.6 Å². The predicted molar refractivity (Wildman–Crippen MR) is 42.6 cm³/mol. The summed E-state index contributed by atoms with van der Waals surface area (Å²) in [5, 5.41) is 0. The molecule has 1 fully saturated rings. The van der Waals surface area contributed by atoms with E-state index < -0.39 is 8.67 Å². The lowest BCUT2D eigenvalue weighted by Gasteiger charge is -1.92. The number of allylic oxidation sites excluding steroid dienone is 2. The van der Waals surface area contributed by atoms with Gasteiger partial charge in [-0.3, -0.25) is 0 Å². The van der Waals surface area contributed by atoms with E-state index in [9.17, 15) is 0 Å². The van der Waals surface area contributed by atoms with Gasteiger partial charge in [0.2, 0.25) is 0 Å². The van der Waals surface area contributed by atoms with Crippen LogP contribution >= 0.6 is 46.4 Å². The van der Waals surface area contributed by atoms with Gasteiger partial charge in [-0.25, -0.2) is 0 Å². The van der Waals surface area contributed by atoms with E-state index in [1.165, 1.54) is 0 Å². The van der Waals surface area contributed by atoms with Crippen molar-refractivity contribution >= 4 is 46.4 Å². The molecule has 0 aliphatic heterocycles. The lowest BCUT2D eigenvalue weighted by molar-refractivity contribution is 1.29. The molecule has 1 saturated carbocycles. The van der Waals surface area contributed by atoms with Gasteiger partial charge in [0.05, 0.1) is 0 Å². The molecule has 0 N–H and O–H groups in total. The average molecular weight is 206 g/mol. The predicted octanol–water partition coefficient (Wildman–Crippen LogP) is 3.29. The van der Waals surface area contributed by atoms with Gasteiger partial charge < -0.3 is 0 Å². The van der Waals surface area contributed by atoms with E-state index in [1.54, 1.807) is 13.0 Å². The second-order valence-electron chi connectivity index (χ2n) is 1.85. The van der Waals surface area contributed by atoms with Crippen molar-refractivity contribution in [1.82, 2.24) is 0 Å². The summed E-state index contributed by atoms with van der Waals surface area (Å²) in [6.45, 7) is 1.79. The molecule has 52 valence electrons. The number of halogens is 4. The quantitative estimate of drug-likeness (QED) is 0.421. The van der Waals surface area contributed by atoms with E-state index in [4.69, 9.17) is 46.4 Å². The highest BCUT2D eigenvalue weighted by molar-refractivity contribution is 6.72. The highest BCUT2D eigenvalue weighted by Crippen LogP contribution is 2.68. The van der Waals surface area contributed by atoms with E-state index in [0.717, 1.165) is 0 Å². The first-order valence-electron chi connectivity index (χ1n) is 2.37. The molecule has 4 heteroatoms. The average Bonchev–Trinajstić information content (AvgIpc) is 2.00. The third-order valence-corrected chi connectivity index (χ3v) is 3.63. The number of rotatable bonds is 0. The molecule has 0 unspecified atom stereocenters.